The van der Waals surface area contributed by atoms with Gasteiger partial charge in [0.1, 0.15) is 5.76 Å². The van der Waals surface area contributed by atoms with E-state index in [0.717, 1.165) is 13.8 Å². The molecule has 170 valence electrons. The van der Waals surface area contributed by atoms with Crippen molar-refractivity contribution in [2.45, 2.75) is 62.8 Å². The van der Waals surface area contributed by atoms with Gasteiger partial charge in [-0.05, 0) is 33.8 Å². The molecule has 0 aromatic carbocycles. The summed E-state index contributed by atoms with van der Waals surface area (Å²) in [5, 5.41) is 44.1. The Hall–Kier alpha value is -2.15. The van der Waals surface area contributed by atoms with E-state index >= 15 is 0 Å². The van der Waals surface area contributed by atoms with Gasteiger partial charge in [0.05, 0.1) is 11.5 Å². The number of aliphatic hydroxyl groups excluding tert-OH is 1. The molecule has 1 aliphatic carbocycles. The summed E-state index contributed by atoms with van der Waals surface area (Å²) in [6.07, 6.45) is 2.50. The quantitative estimate of drug-likeness (QED) is 0.342. The summed E-state index contributed by atoms with van der Waals surface area (Å²) in [5.41, 5.74) is -13.5. The summed E-state index contributed by atoms with van der Waals surface area (Å²) in [4.78, 5) is 50.6. The number of hydrogen-bond donors (Lipinski definition) is 4. The number of hydrogen-bond acceptors (Lipinski definition) is 11. The van der Waals surface area contributed by atoms with E-state index in [1.165, 1.54) is 12.2 Å². The zero-order valence-electron chi connectivity index (χ0n) is 17.4. The maximum absolute atomic E-state index is 12.7. The van der Waals surface area contributed by atoms with Gasteiger partial charge in [-0.2, -0.15) is 0 Å². The molecular formula is C20H24O10S. The average molecular weight is 456 g/mol. The van der Waals surface area contributed by atoms with Crippen LogP contribution < -0.4 is 0 Å². The van der Waals surface area contributed by atoms with Gasteiger partial charge < -0.3 is 29.9 Å². The first-order valence-electron chi connectivity index (χ1n) is 9.25. The molecule has 0 amide bonds. The Morgan fingerprint density at radius 1 is 1.03 bits per heavy atom. The Bertz CT molecular complexity index is 923. The molecule has 4 N–H and O–H groups in total. The summed E-state index contributed by atoms with van der Waals surface area (Å²) in [7, 11) is 0. The zero-order chi connectivity index (χ0) is 24.0. The van der Waals surface area contributed by atoms with E-state index in [0.29, 0.717) is 13.8 Å². The number of rotatable bonds is 7. The van der Waals surface area contributed by atoms with Crippen molar-refractivity contribution in [3.63, 3.8) is 0 Å². The van der Waals surface area contributed by atoms with Crippen LogP contribution in [0, 0.1) is 0 Å². The largest absolute Gasteiger partial charge is 0.460 e. The van der Waals surface area contributed by atoms with Crippen LogP contribution in [0.25, 0.3) is 0 Å². The molecule has 11 heteroatoms. The van der Waals surface area contributed by atoms with E-state index in [1.807, 2.05) is 0 Å². The molecule has 0 aromatic heterocycles. The highest BCUT2D eigenvalue weighted by molar-refractivity contribution is 7.80. The molecule has 2 aliphatic rings. The van der Waals surface area contributed by atoms with E-state index in [-0.39, 0.29) is 17.0 Å². The van der Waals surface area contributed by atoms with E-state index in [2.05, 4.69) is 0 Å². The molecule has 0 aromatic rings. The Morgan fingerprint density at radius 2 is 1.58 bits per heavy atom. The van der Waals surface area contributed by atoms with E-state index in [9.17, 15) is 39.6 Å². The molecule has 1 unspecified atom stereocenters. The molecule has 1 saturated heterocycles. The molecule has 1 aliphatic heterocycles. The molecule has 0 radical (unpaired) electrons. The minimum absolute atomic E-state index is 0.0864. The molecule has 10 nitrogen and oxygen atoms in total. The second-order valence-corrected chi connectivity index (χ2v) is 8.04. The highest BCUT2D eigenvalue weighted by Gasteiger charge is 2.84. The van der Waals surface area contributed by atoms with Gasteiger partial charge in [-0.3, -0.25) is 19.2 Å². The second kappa shape index (κ2) is 8.08. The van der Waals surface area contributed by atoms with Crippen molar-refractivity contribution in [2.24, 2.45) is 0 Å². The smallest absolute Gasteiger partial charge is 0.241 e. The van der Waals surface area contributed by atoms with Crippen LogP contribution in [0.5, 0.6) is 0 Å². The van der Waals surface area contributed by atoms with Gasteiger partial charge in [0.15, 0.2) is 28.7 Å². The lowest BCUT2D eigenvalue weighted by molar-refractivity contribution is -0.381. The van der Waals surface area contributed by atoms with Gasteiger partial charge in [0.25, 0.3) is 0 Å². The standard InChI is InChI=1S/C20H24O10S/c1-10(22)17(9-21)19(27,12(3)24)20(28,13(4)25)18(26,11(2)23)16(30-17)29-14-7-5-6-8-15(14)31/h5-7,16,21,26-28H,8-9H2,1-4H3/t16?,17-,18-,19+,20+/m0/s1. The molecular weight excluding hydrogens is 432 g/mol. The van der Waals surface area contributed by atoms with Crippen LogP contribution >= 0.6 is 12.2 Å². The Kier molecular flexibility index (Phi) is 6.55. The monoisotopic (exact) mass is 456 g/mol. The van der Waals surface area contributed by atoms with Crippen LogP contribution in [0.1, 0.15) is 34.1 Å². The summed E-state index contributed by atoms with van der Waals surface area (Å²) >= 11 is 5.15. The lowest BCUT2D eigenvalue weighted by Crippen LogP contribution is -2.91. The number of Topliss-reactive ketones (excluding diaryl/α,β-unsaturated/α-hetero) is 4. The molecule has 31 heavy (non-hydrogen) atoms. The van der Waals surface area contributed by atoms with Crippen molar-refractivity contribution in [3.8, 4) is 0 Å². The second-order valence-electron chi connectivity index (χ2n) is 7.55. The molecule has 1 heterocycles. The lowest BCUT2D eigenvalue weighted by atomic mass is 9.56. The third-order valence-electron chi connectivity index (χ3n) is 5.85. The minimum atomic E-state index is -3.64. The summed E-state index contributed by atoms with van der Waals surface area (Å²) in [5.74, 6) is -5.44. The number of aliphatic hydroxyl groups is 4. The Morgan fingerprint density at radius 3 is 1.97 bits per heavy atom. The summed E-state index contributed by atoms with van der Waals surface area (Å²) in [6.45, 7) is 1.59. The fraction of sp³-hybridized carbons (Fsp3) is 0.550. The summed E-state index contributed by atoms with van der Waals surface area (Å²) in [6, 6.07) is 0. The SMILES string of the molecule is CC(=O)[C@]1(O)[C@@](O)(C(C)=O)[C@](O)(C(C)=O)C(OC2=CC=CCC2=S)O[C@@]1(CO)C(C)=O. The van der Waals surface area contributed by atoms with Crippen LogP contribution in [-0.2, 0) is 28.7 Å². The van der Waals surface area contributed by atoms with Crippen molar-refractivity contribution in [1.29, 1.82) is 0 Å². The van der Waals surface area contributed by atoms with E-state index < -0.39 is 58.4 Å². The van der Waals surface area contributed by atoms with Crippen LogP contribution in [0.2, 0.25) is 0 Å². The van der Waals surface area contributed by atoms with Crippen LogP contribution in [0.4, 0.5) is 0 Å². The topological polar surface area (TPSA) is 168 Å². The van der Waals surface area contributed by atoms with Gasteiger partial charge in [0.2, 0.25) is 23.1 Å². The first-order chi connectivity index (χ1) is 14.2. The van der Waals surface area contributed by atoms with Crippen molar-refractivity contribution >= 4 is 40.2 Å². The maximum atomic E-state index is 12.7. The van der Waals surface area contributed by atoms with Crippen molar-refractivity contribution in [1.82, 2.24) is 0 Å². The number of ketones is 4. The van der Waals surface area contributed by atoms with Crippen molar-refractivity contribution in [3.05, 3.63) is 24.0 Å². The normalized spacial score (nSPS) is 37.7. The third-order valence-corrected chi connectivity index (χ3v) is 6.22. The van der Waals surface area contributed by atoms with E-state index in [4.69, 9.17) is 21.7 Å². The fourth-order valence-electron chi connectivity index (χ4n) is 4.03. The van der Waals surface area contributed by atoms with Gasteiger partial charge in [-0.1, -0.05) is 24.4 Å². The van der Waals surface area contributed by atoms with Crippen LogP contribution in [0.15, 0.2) is 24.0 Å². The van der Waals surface area contributed by atoms with Crippen molar-refractivity contribution in [2.75, 3.05) is 6.61 Å². The molecule has 0 bridgehead atoms. The van der Waals surface area contributed by atoms with Crippen LogP contribution in [0.3, 0.4) is 0 Å². The summed E-state index contributed by atoms with van der Waals surface area (Å²) < 4.78 is 11.0. The highest BCUT2D eigenvalue weighted by Crippen LogP contribution is 2.52. The van der Waals surface area contributed by atoms with Gasteiger partial charge in [0, 0.05) is 6.42 Å². The molecule has 0 saturated carbocycles. The molecule has 5 atom stereocenters. The Balaban J connectivity index is 2.92. The molecule has 2 rings (SSSR count). The van der Waals surface area contributed by atoms with Gasteiger partial charge in [-0.15, -0.1) is 0 Å². The first-order valence-corrected chi connectivity index (χ1v) is 9.65. The molecule has 0 spiro atoms. The first kappa shape index (κ1) is 25.1. The maximum Gasteiger partial charge on any atom is 0.241 e. The predicted molar refractivity (Wildman–Crippen MR) is 108 cm³/mol. The van der Waals surface area contributed by atoms with Crippen molar-refractivity contribution < 1.29 is 49.1 Å². The number of thiocarbonyl (C=S) groups is 1. The average Bonchev–Trinajstić information content (AvgIpc) is 2.69. The molecule has 1 fully saturated rings. The van der Waals surface area contributed by atoms with Gasteiger partial charge in [-0.25, -0.2) is 0 Å². The number of ether oxygens (including phenoxy) is 2. The predicted octanol–water partition coefficient (Wildman–Crippen LogP) is -1.15. The highest BCUT2D eigenvalue weighted by atomic mass is 32.1. The minimum Gasteiger partial charge on any atom is -0.460 e. The third kappa shape index (κ3) is 3.07. The van der Waals surface area contributed by atoms with Gasteiger partial charge >= 0.3 is 0 Å². The fourth-order valence-corrected chi connectivity index (χ4v) is 4.24. The Labute approximate surface area is 183 Å². The lowest BCUT2D eigenvalue weighted by Gasteiger charge is -2.60. The number of carbonyl (C=O) groups is 4. The number of carbonyl (C=O) groups excluding carboxylic acids is 4. The number of allylic oxidation sites excluding steroid dienone is 4. The zero-order valence-corrected chi connectivity index (χ0v) is 18.2. The van der Waals surface area contributed by atoms with E-state index in [1.54, 1.807) is 6.08 Å². The van der Waals surface area contributed by atoms with Crippen LogP contribution in [-0.4, -0.2) is 83.7 Å².